The van der Waals surface area contributed by atoms with Gasteiger partial charge in [0.05, 0.1) is 11.6 Å². The van der Waals surface area contributed by atoms with Crippen LogP contribution in [0.5, 0.6) is 0 Å². The van der Waals surface area contributed by atoms with E-state index in [2.05, 4.69) is 10.4 Å². The molecule has 6 nitrogen and oxygen atoms in total. The molecule has 0 radical (unpaired) electrons. The summed E-state index contributed by atoms with van der Waals surface area (Å²) in [4.78, 5) is 22.5. The van der Waals surface area contributed by atoms with Crippen molar-refractivity contribution in [2.75, 3.05) is 5.73 Å². The van der Waals surface area contributed by atoms with Gasteiger partial charge in [0, 0.05) is 19.5 Å². The van der Waals surface area contributed by atoms with Gasteiger partial charge in [-0.1, -0.05) is 0 Å². The fourth-order valence-electron chi connectivity index (χ4n) is 1.81. The Kier molecular flexibility index (Phi) is 2.18. The van der Waals surface area contributed by atoms with Crippen molar-refractivity contribution < 1.29 is 9.59 Å². The van der Waals surface area contributed by atoms with Crippen LogP contribution in [0.4, 0.5) is 5.82 Å². The number of carbonyl (C=O) groups is 2. The number of amides is 2. The standard InChI is InChI=1S/C9H12N4O2/c1-13-6(4-7(10)12-13)5-2-3-8(14)11-9(5)15/h4-5H,2-3H2,1H3,(H2,10,12)(H,11,14,15). The van der Waals surface area contributed by atoms with E-state index < -0.39 is 0 Å². The predicted octanol–water partition coefficient (Wildman–Crippen LogP) is -0.478. The van der Waals surface area contributed by atoms with Crippen LogP contribution in [0.3, 0.4) is 0 Å². The zero-order chi connectivity index (χ0) is 11.0. The quantitative estimate of drug-likeness (QED) is 0.610. The number of nitrogens with one attached hydrogen (secondary N) is 1. The van der Waals surface area contributed by atoms with E-state index >= 15 is 0 Å². The molecule has 0 bridgehead atoms. The van der Waals surface area contributed by atoms with Crippen LogP contribution in [0.25, 0.3) is 0 Å². The van der Waals surface area contributed by atoms with Gasteiger partial charge in [-0.05, 0) is 6.42 Å². The fourth-order valence-corrected chi connectivity index (χ4v) is 1.81. The van der Waals surface area contributed by atoms with Gasteiger partial charge in [0.25, 0.3) is 0 Å². The van der Waals surface area contributed by atoms with Gasteiger partial charge in [-0.15, -0.1) is 0 Å². The second-order valence-electron chi connectivity index (χ2n) is 3.62. The molecule has 0 spiro atoms. The fraction of sp³-hybridized carbons (Fsp3) is 0.444. The summed E-state index contributed by atoms with van der Waals surface area (Å²) in [7, 11) is 1.73. The number of hydrogen-bond donors (Lipinski definition) is 2. The molecule has 3 N–H and O–H groups in total. The molecule has 1 atom stereocenters. The maximum atomic E-state index is 11.6. The van der Waals surface area contributed by atoms with Crippen molar-refractivity contribution in [3.63, 3.8) is 0 Å². The maximum absolute atomic E-state index is 11.6. The first-order chi connectivity index (χ1) is 7.08. The third kappa shape index (κ3) is 1.70. The average Bonchev–Trinajstić information content (AvgIpc) is 2.45. The van der Waals surface area contributed by atoms with Gasteiger partial charge in [0.15, 0.2) is 0 Å². The van der Waals surface area contributed by atoms with E-state index in [1.165, 1.54) is 0 Å². The van der Waals surface area contributed by atoms with Crippen LogP contribution in [0, 0.1) is 0 Å². The van der Waals surface area contributed by atoms with Gasteiger partial charge in [0.1, 0.15) is 5.82 Å². The summed E-state index contributed by atoms with van der Waals surface area (Å²) in [5, 5.41) is 6.27. The number of nitrogens with two attached hydrogens (primary N) is 1. The summed E-state index contributed by atoms with van der Waals surface area (Å²) < 4.78 is 1.58. The molecule has 15 heavy (non-hydrogen) atoms. The van der Waals surface area contributed by atoms with Crippen molar-refractivity contribution in [2.24, 2.45) is 7.05 Å². The van der Waals surface area contributed by atoms with Crippen LogP contribution in [0.15, 0.2) is 6.07 Å². The van der Waals surface area contributed by atoms with Gasteiger partial charge >= 0.3 is 0 Å². The van der Waals surface area contributed by atoms with Gasteiger partial charge in [0.2, 0.25) is 11.8 Å². The van der Waals surface area contributed by atoms with E-state index in [1.54, 1.807) is 17.8 Å². The molecule has 1 aromatic rings. The first-order valence-electron chi connectivity index (χ1n) is 4.71. The zero-order valence-electron chi connectivity index (χ0n) is 8.36. The molecule has 1 aliphatic heterocycles. The van der Waals surface area contributed by atoms with Crippen LogP contribution < -0.4 is 11.1 Å². The van der Waals surface area contributed by atoms with Crippen molar-refractivity contribution in [3.8, 4) is 0 Å². The number of nitrogens with zero attached hydrogens (tertiary/aromatic N) is 2. The first kappa shape index (κ1) is 9.70. The van der Waals surface area contributed by atoms with Crippen LogP contribution in [-0.2, 0) is 16.6 Å². The molecule has 2 amide bonds. The number of piperidine rings is 1. The summed E-state index contributed by atoms with van der Waals surface area (Å²) in [6.45, 7) is 0. The van der Waals surface area contributed by atoms with Crippen molar-refractivity contribution in [1.29, 1.82) is 0 Å². The number of nitrogen functional groups attached to an aromatic ring is 1. The summed E-state index contributed by atoms with van der Waals surface area (Å²) in [5.74, 6) is -0.421. The van der Waals surface area contributed by atoms with Gasteiger partial charge in [-0.25, -0.2) is 0 Å². The van der Waals surface area contributed by atoms with Crippen LogP contribution in [0.1, 0.15) is 24.5 Å². The van der Waals surface area contributed by atoms with Crippen molar-refractivity contribution in [1.82, 2.24) is 15.1 Å². The number of aryl methyl sites for hydroxylation is 1. The zero-order valence-corrected chi connectivity index (χ0v) is 8.36. The van der Waals surface area contributed by atoms with Crippen LogP contribution >= 0.6 is 0 Å². The van der Waals surface area contributed by atoms with E-state index in [1.807, 2.05) is 0 Å². The molecule has 1 unspecified atom stereocenters. The largest absolute Gasteiger partial charge is 0.382 e. The molecule has 2 rings (SSSR count). The highest BCUT2D eigenvalue weighted by Crippen LogP contribution is 2.25. The van der Waals surface area contributed by atoms with E-state index in [4.69, 9.17) is 5.73 Å². The number of carbonyl (C=O) groups excluding carboxylic acids is 2. The summed E-state index contributed by atoms with van der Waals surface area (Å²) in [6, 6.07) is 1.67. The molecule has 2 heterocycles. The highest BCUT2D eigenvalue weighted by atomic mass is 16.2. The SMILES string of the molecule is Cn1nc(N)cc1C1CCC(=O)NC1=O. The highest BCUT2D eigenvalue weighted by molar-refractivity contribution is 6.00. The highest BCUT2D eigenvalue weighted by Gasteiger charge is 2.30. The molecular formula is C9H12N4O2. The van der Waals surface area contributed by atoms with E-state index in [9.17, 15) is 9.59 Å². The molecule has 0 saturated carbocycles. The lowest BCUT2D eigenvalue weighted by atomic mass is 9.95. The van der Waals surface area contributed by atoms with Crippen LogP contribution in [0.2, 0.25) is 0 Å². The number of aromatic nitrogens is 2. The number of anilines is 1. The summed E-state index contributed by atoms with van der Waals surface area (Å²) in [5.41, 5.74) is 6.28. The van der Waals surface area contributed by atoms with Crippen LogP contribution in [-0.4, -0.2) is 21.6 Å². The maximum Gasteiger partial charge on any atom is 0.235 e. The molecule has 6 heteroatoms. The lowest BCUT2D eigenvalue weighted by molar-refractivity contribution is -0.134. The Balaban J connectivity index is 2.27. The van der Waals surface area contributed by atoms with Crippen molar-refractivity contribution in [3.05, 3.63) is 11.8 Å². The Bertz CT molecular complexity index is 424. The Labute approximate surface area is 86.4 Å². The number of imide groups is 1. The van der Waals surface area contributed by atoms with E-state index in [-0.39, 0.29) is 17.7 Å². The van der Waals surface area contributed by atoms with Crippen molar-refractivity contribution in [2.45, 2.75) is 18.8 Å². The minimum Gasteiger partial charge on any atom is -0.382 e. The third-order valence-corrected chi connectivity index (χ3v) is 2.53. The minimum atomic E-state index is -0.322. The lowest BCUT2D eigenvalue weighted by Gasteiger charge is -2.20. The van der Waals surface area contributed by atoms with Gasteiger partial charge in [-0.3, -0.25) is 19.6 Å². The van der Waals surface area contributed by atoms with Gasteiger partial charge in [-0.2, -0.15) is 5.10 Å². The van der Waals surface area contributed by atoms with Crippen molar-refractivity contribution >= 4 is 17.6 Å². The monoisotopic (exact) mass is 208 g/mol. The lowest BCUT2D eigenvalue weighted by Crippen LogP contribution is -2.40. The third-order valence-electron chi connectivity index (χ3n) is 2.53. The average molecular weight is 208 g/mol. The Morgan fingerprint density at radius 1 is 1.60 bits per heavy atom. The minimum absolute atomic E-state index is 0.216. The Morgan fingerprint density at radius 2 is 2.33 bits per heavy atom. The molecule has 80 valence electrons. The molecule has 1 aromatic heterocycles. The van der Waals surface area contributed by atoms with E-state index in [0.717, 1.165) is 5.69 Å². The molecule has 0 aromatic carbocycles. The Hall–Kier alpha value is -1.85. The number of rotatable bonds is 1. The topological polar surface area (TPSA) is 90.0 Å². The molecular weight excluding hydrogens is 196 g/mol. The number of hydrogen-bond acceptors (Lipinski definition) is 4. The molecule has 1 fully saturated rings. The Morgan fingerprint density at radius 3 is 2.87 bits per heavy atom. The first-order valence-corrected chi connectivity index (χ1v) is 4.71. The predicted molar refractivity (Wildman–Crippen MR) is 52.7 cm³/mol. The summed E-state index contributed by atoms with van der Waals surface area (Å²) in [6.07, 6.45) is 0.880. The molecule has 1 aliphatic rings. The molecule has 1 saturated heterocycles. The smallest absolute Gasteiger partial charge is 0.235 e. The summed E-state index contributed by atoms with van der Waals surface area (Å²) >= 11 is 0. The molecule has 0 aliphatic carbocycles. The second-order valence-corrected chi connectivity index (χ2v) is 3.62. The second kappa shape index (κ2) is 3.38. The van der Waals surface area contributed by atoms with E-state index in [0.29, 0.717) is 18.7 Å². The van der Waals surface area contributed by atoms with Gasteiger partial charge < -0.3 is 5.73 Å². The normalized spacial score (nSPS) is 21.5.